The van der Waals surface area contributed by atoms with E-state index < -0.39 is 6.09 Å². The number of amides is 1. The molecule has 0 aliphatic heterocycles. The third-order valence-corrected chi connectivity index (χ3v) is 1.15. The molecule has 1 rings (SSSR count). The van der Waals surface area contributed by atoms with Gasteiger partial charge in [-0.15, -0.1) is 5.10 Å². The average Bonchev–Trinajstić information content (AvgIpc) is 2.34. The Bertz CT molecular complexity index is 274. The Kier molecular flexibility index (Phi) is 2.55. The number of aromatic nitrogens is 2. The zero-order valence-corrected chi connectivity index (χ0v) is 7.92. The molecule has 2 N–H and O–H groups in total. The lowest BCUT2D eigenvalue weighted by molar-refractivity contribution is 0.188. The highest BCUT2D eigenvalue weighted by molar-refractivity contribution is 5.70. The molecule has 1 heterocycles. The van der Waals surface area contributed by atoms with E-state index in [0.717, 1.165) is 0 Å². The van der Waals surface area contributed by atoms with Crippen molar-refractivity contribution in [3.63, 3.8) is 0 Å². The van der Waals surface area contributed by atoms with E-state index in [9.17, 15) is 4.79 Å². The minimum absolute atomic E-state index is 0.266. The number of nitrogens with one attached hydrogen (secondary N) is 2. The Hall–Kier alpha value is -1.52. The number of carbonyl (C=O) groups is 1. The molecule has 0 aliphatic rings. The van der Waals surface area contributed by atoms with Crippen molar-refractivity contribution in [3.8, 4) is 5.88 Å². The molecule has 0 bridgehead atoms. The molecule has 0 radical (unpaired) electrons. The molecular weight excluding hydrogens is 170 g/mol. The molecule has 0 aliphatic carbocycles. The molecule has 72 valence electrons. The highest BCUT2D eigenvalue weighted by atomic mass is 16.6. The van der Waals surface area contributed by atoms with E-state index in [2.05, 4.69) is 15.5 Å². The fourth-order valence-corrected chi connectivity index (χ4v) is 0.730. The van der Waals surface area contributed by atoms with Gasteiger partial charge >= 0.3 is 6.09 Å². The van der Waals surface area contributed by atoms with Crippen LogP contribution in [0.25, 0.3) is 0 Å². The Morgan fingerprint density at radius 1 is 1.62 bits per heavy atom. The maximum atomic E-state index is 11.1. The van der Waals surface area contributed by atoms with E-state index >= 15 is 0 Å². The van der Waals surface area contributed by atoms with Gasteiger partial charge in [-0.1, -0.05) is 0 Å². The van der Waals surface area contributed by atoms with E-state index in [1.165, 1.54) is 0 Å². The van der Waals surface area contributed by atoms with Gasteiger partial charge in [0.25, 0.3) is 0 Å². The summed E-state index contributed by atoms with van der Waals surface area (Å²) >= 11 is 0. The van der Waals surface area contributed by atoms with E-state index in [4.69, 9.17) is 4.74 Å². The van der Waals surface area contributed by atoms with Crippen LogP contribution in [0.3, 0.4) is 0 Å². The summed E-state index contributed by atoms with van der Waals surface area (Å²) in [5.41, 5.74) is -0.298. The van der Waals surface area contributed by atoms with Gasteiger partial charge in [-0.2, -0.15) is 0 Å². The summed E-state index contributed by atoms with van der Waals surface area (Å²) in [6.07, 6.45) is 1.08. The van der Waals surface area contributed by atoms with E-state index in [1.54, 1.807) is 12.3 Å². The Labute approximate surface area is 76.5 Å². The van der Waals surface area contributed by atoms with Crippen molar-refractivity contribution in [1.29, 1.82) is 0 Å². The van der Waals surface area contributed by atoms with Crippen LogP contribution in [0.4, 0.5) is 4.79 Å². The summed E-state index contributed by atoms with van der Waals surface area (Å²) in [7, 11) is 0. The first kappa shape index (κ1) is 9.57. The SMILES string of the molecule is CC(C)(C)NC(=O)Oc1cc[nH]n1. The fourth-order valence-electron chi connectivity index (χ4n) is 0.730. The predicted molar refractivity (Wildman–Crippen MR) is 47.5 cm³/mol. The summed E-state index contributed by atoms with van der Waals surface area (Å²) in [5, 5.41) is 8.86. The van der Waals surface area contributed by atoms with Crippen molar-refractivity contribution < 1.29 is 9.53 Å². The topological polar surface area (TPSA) is 67.0 Å². The van der Waals surface area contributed by atoms with Crippen molar-refractivity contribution in [2.45, 2.75) is 26.3 Å². The lowest BCUT2D eigenvalue weighted by Gasteiger charge is -2.19. The lowest BCUT2D eigenvalue weighted by atomic mass is 10.1. The third kappa shape index (κ3) is 3.59. The van der Waals surface area contributed by atoms with Gasteiger partial charge in [0.05, 0.1) is 0 Å². The first-order valence-corrected chi connectivity index (χ1v) is 3.97. The number of ether oxygens (including phenoxy) is 1. The van der Waals surface area contributed by atoms with Crippen molar-refractivity contribution >= 4 is 6.09 Å². The summed E-state index contributed by atoms with van der Waals surface area (Å²) in [6, 6.07) is 1.57. The molecule has 5 nitrogen and oxygen atoms in total. The van der Waals surface area contributed by atoms with Gasteiger partial charge < -0.3 is 10.1 Å². The molecule has 1 amide bonds. The monoisotopic (exact) mass is 183 g/mol. The molecule has 0 saturated heterocycles. The second-order valence-corrected chi connectivity index (χ2v) is 3.68. The van der Waals surface area contributed by atoms with Crippen LogP contribution in [-0.2, 0) is 0 Å². The molecule has 5 heteroatoms. The van der Waals surface area contributed by atoms with Gasteiger partial charge in [-0.3, -0.25) is 5.10 Å². The summed E-state index contributed by atoms with van der Waals surface area (Å²) in [5.74, 6) is 0.266. The molecule has 0 atom stereocenters. The van der Waals surface area contributed by atoms with Crippen LogP contribution < -0.4 is 10.1 Å². The highest BCUT2D eigenvalue weighted by Crippen LogP contribution is 2.04. The number of H-pyrrole nitrogens is 1. The third-order valence-electron chi connectivity index (χ3n) is 1.15. The largest absolute Gasteiger partial charge is 0.414 e. The first-order chi connectivity index (χ1) is 5.97. The quantitative estimate of drug-likeness (QED) is 0.689. The van der Waals surface area contributed by atoms with Crippen molar-refractivity contribution in [2.24, 2.45) is 0 Å². The zero-order chi connectivity index (χ0) is 9.90. The molecular formula is C8H13N3O2. The summed E-state index contributed by atoms with van der Waals surface area (Å²) in [4.78, 5) is 11.1. The van der Waals surface area contributed by atoms with Crippen LogP contribution in [0.1, 0.15) is 20.8 Å². The number of carbonyl (C=O) groups excluding carboxylic acids is 1. The zero-order valence-electron chi connectivity index (χ0n) is 7.92. The van der Waals surface area contributed by atoms with Crippen LogP contribution in [0.5, 0.6) is 5.88 Å². The Morgan fingerprint density at radius 2 is 2.31 bits per heavy atom. The molecule has 0 aromatic carbocycles. The molecule has 13 heavy (non-hydrogen) atoms. The number of aromatic amines is 1. The maximum Gasteiger partial charge on any atom is 0.414 e. The molecule has 0 unspecified atom stereocenters. The van der Waals surface area contributed by atoms with Crippen LogP contribution in [0, 0.1) is 0 Å². The first-order valence-electron chi connectivity index (χ1n) is 3.97. The smallest absolute Gasteiger partial charge is 0.390 e. The van der Waals surface area contributed by atoms with E-state index in [-0.39, 0.29) is 11.4 Å². The maximum absolute atomic E-state index is 11.1. The van der Waals surface area contributed by atoms with Crippen LogP contribution in [-0.4, -0.2) is 21.8 Å². The number of hydrogen-bond acceptors (Lipinski definition) is 3. The van der Waals surface area contributed by atoms with Gasteiger partial charge in [0.2, 0.25) is 5.88 Å². The van der Waals surface area contributed by atoms with Gasteiger partial charge in [0.15, 0.2) is 0 Å². The minimum Gasteiger partial charge on any atom is -0.390 e. The van der Waals surface area contributed by atoms with Gasteiger partial charge in [0.1, 0.15) is 0 Å². The van der Waals surface area contributed by atoms with E-state index in [0.29, 0.717) is 0 Å². The normalized spacial score (nSPS) is 11.0. The number of hydrogen-bond donors (Lipinski definition) is 2. The summed E-state index contributed by atoms with van der Waals surface area (Å²) in [6.45, 7) is 5.62. The van der Waals surface area contributed by atoms with Crippen molar-refractivity contribution in [2.75, 3.05) is 0 Å². The molecule has 0 spiro atoms. The molecule has 0 fully saturated rings. The summed E-state index contributed by atoms with van der Waals surface area (Å²) < 4.78 is 4.84. The van der Waals surface area contributed by atoms with E-state index in [1.807, 2.05) is 20.8 Å². The highest BCUT2D eigenvalue weighted by Gasteiger charge is 2.15. The Balaban J connectivity index is 2.43. The number of rotatable bonds is 1. The van der Waals surface area contributed by atoms with Gasteiger partial charge in [0, 0.05) is 17.8 Å². The molecule has 1 aromatic heterocycles. The molecule has 0 saturated carbocycles. The lowest BCUT2D eigenvalue weighted by Crippen LogP contribution is -2.42. The second kappa shape index (κ2) is 3.47. The van der Waals surface area contributed by atoms with Crippen LogP contribution in [0.15, 0.2) is 12.3 Å². The van der Waals surface area contributed by atoms with Gasteiger partial charge in [-0.25, -0.2) is 4.79 Å². The standard InChI is InChI=1S/C8H13N3O2/c1-8(2,3)10-7(12)13-6-4-5-9-11-6/h4-5H,1-3H3,(H,9,11)(H,10,12). The van der Waals surface area contributed by atoms with Crippen LogP contribution in [0.2, 0.25) is 0 Å². The predicted octanol–water partition coefficient (Wildman–Crippen LogP) is 1.30. The number of nitrogens with zero attached hydrogens (tertiary/aromatic N) is 1. The van der Waals surface area contributed by atoms with Crippen LogP contribution >= 0.6 is 0 Å². The van der Waals surface area contributed by atoms with Crippen molar-refractivity contribution in [3.05, 3.63) is 12.3 Å². The minimum atomic E-state index is -0.500. The Morgan fingerprint density at radius 3 is 2.77 bits per heavy atom. The molecule has 1 aromatic rings. The van der Waals surface area contributed by atoms with Gasteiger partial charge in [-0.05, 0) is 20.8 Å². The van der Waals surface area contributed by atoms with Crippen molar-refractivity contribution in [1.82, 2.24) is 15.5 Å². The fraction of sp³-hybridized carbons (Fsp3) is 0.500. The second-order valence-electron chi connectivity index (χ2n) is 3.68. The average molecular weight is 183 g/mol.